The highest BCUT2D eigenvalue weighted by Crippen LogP contribution is 2.15. The second-order valence-electron chi connectivity index (χ2n) is 4.21. The largest absolute Gasteiger partial charge is 0.380 e. The average molecular weight is 278 g/mol. The van der Waals surface area contributed by atoms with Crippen molar-refractivity contribution in [2.24, 2.45) is 0 Å². The standard InChI is InChI=1S/C13H18N4OS/c1-2-3-8-18-9-7-17-12(15-16-13(17)19)11-5-4-6-14-10-11/h4-6,10H,2-3,7-9H2,1H3,(H,16,19). The molecule has 0 fully saturated rings. The van der Waals surface area contributed by atoms with Gasteiger partial charge in [-0.15, -0.1) is 0 Å². The van der Waals surface area contributed by atoms with Crippen LogP contribution in [0, 0.1) is 4.77 Å². The molecule has 19 heavy (non-hydrogen) atoms. The van der Waals surface area contributed by atoms with Crippen molar-refractivity contribution in [1.82, 2.24) is 19.7 Å². The summed E-state index contributed by atoms with van der Waals surface area (Å²) < 4.78 is 8.12. The summed E-state index contributed by atoms with van der Waals surface area (Å²) in [6.07, 6.45) is 5.75. The predicted octanol–water partition coefficient (Wildman–Crippen LogP) is 2.82. The number of aromatic nitrogens is 4. The van der Waals surface area contributed by atoms with Gasteiger partial charge in [0.15, 0.2) is 10.6 Å². The van der Waals surface area contributed by atoms with Crippen LogP contribution in [0.1, 0.15) is 19.8 Å². The van der Waals surface area contributed by atoms with Crippen LogP contribution in [0.5, 0.6) is 0 Å². The molecule has 0 spiro atoms. The maximum atomic E-state index is 5.57. The molecule has 0 atom stereocenters. The van der Waals surface area contributed by atoms with Crippen molar-refractivity contribution in [3.63, 3.8) is 0 Å². The molecule has 0 aliphatic rings. The molecule has 102 valence electrons. The third kappa shape index (κ3) is 3.71. The van der Waals surface area contributed by atoms with Crippen LogP contribution in [0.15, 0.2) is 24.5 Å². The Morgan fingerprint density at radius 2 is 2.32 bits per heavy atom. The molecular formula is C13H18N4OS. The van der Waals surface area contributed by atoms with Crippen LogP contribution in [0.2, 0.25) is 0 Å². The summed E-state index contributed by atoms with van der Waals surface area (Å²) in [4.78, 5) is 4.10. The molecule has 0 aliphatic carbocycles. The molecule has 2 aromatic rings. The second kappa shape index (κ2) is 7.16. The zero-order valence-corrected chi connectivity index (χ0v) is 11.8. The van der Waals surface area contributed by atoms with E-state index in [0.717, 1.165) is 30.8 Å². The molecule has 2 rings (SSSR count). The highest BCUT2D eigenvalue weighted by molar-refractivity contribution is 7.71. The molecule has 0 unspecified atom stereocenters. The summed E-state index contributed by atoms with van der Waals surface area (Å²) in [7, 11) is 0. The third-order valence-corrected chi connectivity index (χ3v) is 3.09. The molecule has 6 heteroatoms. The van der Waals surface area contributed by atoms with Gasteiger partial charge in [0.1, 0.15) is 0 Å². The topological polar surface area (TPSA) is 55.7 Å². The van der Waals surface area contributed by atoms with Gasteiger partial charge < -0.3 is 4.74 Å². The van der Waals surface area contributed by atoms with Crippen LogP contribution in [0.3, 0.4) is 0 Å². The number of pyridine rings is 1. The molecule has 2 heterocycles. The van der Waals surface area contributed by atoms with Crippen LogP contribution < -0.4 is 0 Å². The Hall–Kier alpha value is -1.53. The van der Waals surface area contributed by atoms with Crippen molar-refractivity contribution in [2.45, 2.75) is 26.3 Å². The van der Waals surface area contributed by atoms with Crippen LogP contribution in [0.4, 0.5) is 0 Å². The third-order valence-electron chi connectivity index (χ3n) is 2.78. The van der Waals surface area contributed by atoms with E-state index in [0.29, 0.717) is 17.9 Å². The predicted molar refractivity (Wildman–Crippen MR) is 76.4 cm³/mol. The summed E-state index contributed by atoms with van der Waals surface area (Å²) in [5.74, 6) is 0.803. The van der Waals surface area contributed by atoms with Crippen molar-refractivity contribution < 1.29 is 4.74 Å². The molecular weight excluding hydrogens is 260 g/mol. The van der Waals surface area contributed by atoms with Gasteiger partial charge in [-0.2, -0.15) is 5.10 Å². The maximum Gasteiger partial charge on any atom is 0.195 e. The Balaban J connectivity index is 2.04. The second-order valence-corrected chi connectivity index (χ2v) is 4.60. The molecule has 0 saturated heterocycles. The first kappa shape index (κ1) is 13.9. The number of hydrogen-bond acceptors (Lipinski definition) is 4. The van der Waals surface area contributed by atoms with E-state index in [1.54, 1.807) is 12.4 Å². The highest BCUT2D eigenvalue weighted by Gasteiger charge is 2.08. The zero-order chi connectivity index (χ0) is 13.5. The summed E-state index contributed by atoms with van der Waals surface area (Å²) >= 11 is 5.24. The average Bonchev–Trinajstić information content (AvgIpc) is 2.81. The number of aromatic amines is 1. The molecule has 2 aromatic heterocycles. The fraction of sp³-hybridized carbons (Fsp3) is 0.462. The Bertz CT molecular complexity index is 549. The molecule has 0 aliphatic heterocycles. The Morgan fingerprint density at radius 1 is 1.42 bits per heavy atom. The normalized spacial score (nSPS) is 10.8. The summed E-state index contributed by atoms with van der Waals surface area (Å²) in [5, 5.41) is 7.07. The van der Waals surface area contributed by atoms with Crippen molar-refractivity contribution in [3.05, 3.63) is 29.3 Å². The minimum absolute atomic E-state index is 0.609. The minimum atomic E-state index is 0.609. The minimum Gasteiger partial charge on any atom is -0.380 e. The lowest BCUT2D eigenvalue weighted by Gasteiger charge is -2.07. The van der Waals surface area contributed by atoms with Gasteiger partial charge in [-0.25, -0.2) is 0 Å². The van der Waals surface area contributed by atoms with Gasteiger partial charge in [0.25, 0.3) is 0 Å². The molecule has 0 bridgehead atoms. The number of nitrogens with one attached hydrogen (secondary N) is 1. The zero-order valence-electron chi connectivity index (χ0n) is 11.0. The van der Waals surface area contributed by atoms with Gasteiger partial charge in [0.2, 0.25) is 0 Å². The van der Waals surface area contributed by atoms with E-state index < -0.39 is 0 Å². The van der Waals surface area contributed by atoms with Crippen LogP contribution in [0.25, 0.3) is 11.4 Å². The van der Waals surface area contributed by atoms with Gasteiger partial charge in [-0.1, -0.05) is 13.3 Å². The first-order valence-corrected chi connectivity index (χ1v) is 6.87. The Labute approximate surface area is 117 Å². The lowest BCUT2D eigenvalue weighted by molar-refractivity contribution is 0.123. The van der Waals surface area contributed by atoms with Crippen molar-refractivity contribution >= 4 is 12.2 Å². The molecule has 0 saturated carbocycles. The van der Waals surface area contributed by atoms with E-state index in [9.17, 15) is 0 Å². The number of H-pyrrole nitrogens is 1. The van der Waals surface area contributed by atoms with Crippen molar-refractivity contribution in [2.75, 3.05) is 13.2 Å². The Morgan fingerprint density at radius 3 is 3.05 bits per heavy atom. The smallest absolute Gasteiger partial charge is 0.195 e. The van der Waals surface area contributed by atoms with E-state index >= 15 is 0 Å². The number of rotatable bonds is 7. The monoisotopic (exact) mass is 278 g/mol. The fourth-order valence-corrected chi connectivity index (χ4v) is 1.97. The van der Waals surface area contributed by atoms with E-state index in [2.05, 4.69) is 22.1 Å². The summed E-state index contributed by atoms with van der Waals surface area (Å²) in [5.41, 5.74) is 0.948. The lowest BCUT2D eigenvalue weighted by Crippen LogP contribution is -2.08. The highest BCUT2D eigenvalue weighted by atomic mass is 32.1. The quantitative estimate of drug-likeness (QED) is 0.625. The summed E-state index contributed by atoms with van der Waals surface area (Å²) in [6, 6.07) is 3.85. The van der Waals surface area contributed by atoms with Crippen molar-refractivity contribution in [1.29, 1.82) is 0 Å². The lowest BCUT2D eigenvalue weighted by atomic mass is 10.3. The molecule has 5 nitrogen and oxygen atoms in total. The van der Waals surface area contributed by atoms with Crippen LogP contribution in [-0.4, -0.2) is 33.0 Å². The first-order valence-electron chi connectivity index (χ1n) is 6.46. The van der Waals surface area contributed by atoms with E-state index in [1.165, 1.54) is 0 Å². The molecule has 1 N–H and O–H groups in total. The van der Waals surface area contributed by atoms with Crippen LogP contribution >= 0.6 is 12.2 Å². The SMILES string of the molecule is CCCCOCCn1c(-c2cccnc2)n[nH]c1=S. The van der Waals surface area contributed by atoms with Crippen molar-refractivity contribution in [3.8, 4) is 11.4 Å². The van der Waals surface area contributed by atoms with Gasteiger partial charge in [0.05, 0.1) is 13.2 Å². The summed E-state index contributed by atoms with van der Waals surface area (Å²) in [6.45, 7) is 4.28. The molecule has 0 aromatic carbocycles. The molecule has 0 radical (unpaired) electrons. The number of ether oxygens (including phenoxy) is 1. The number of unbranched alkanes of at least 4 members (excludes halogenated alkanes) is 1. The molecule has 0 amide bonds. The van der Waals surface area contributed by atoms with E-state index in [4.69, 9.17) is 17.0 Å². The van der Waals surface area contributed by atoms with Gasteiger partial charge in [-0.3, -0.25) is 14.6 Å². The van der Waals surface area contributed by atoms with Gasteiger partial charge >= 0.3 is 0 Å². The Kier molecular flexibility index (Phi) is 5.23. The van der Waals surface area contributed by atoms with E-state index in [-0.39, 0.29) is 0 Å². The van der Waals surface area contributed by atoms with Crippen LogP contribution in [-0.2, 0) is 11.3 Å². The first-order chi connectivity index (χ1) is 9.33. The maximum absolute atomic E-state index is 5.57. The van der Waals surface area contributed by atoms with Gasteiger partial charge in [-0.05, 0) is 30.8 Å². The number of hydrogen-bond donors (Lipinski definition) is 1. The van der Waals surface area contributed by atoms with Gasteiger partial charge in [0, 0.05) is 24.6 Å². The number of nitrogens with zero attached hydrogens (tertiary/aromatic N) is 3. The fourth-order valence-electron chi connectivity index (χ4n) is 1.74. The van der Waals surface area contributed by atoms with E-state index in [1.807, 2.05) is 16.7 Å².